The van der Waals surface area contributed by atoms with Gasteiger partial charge >= 0.3 is 0 Å². The molecule has 6 heteroatoms. The van der Waals surface area contributed by atoms with E-state index in [2.05, 4.69) is 10.3 Å². The molecular formula is C11H18N4O2. The molecule has 17 heavy (non-hydrogen) atoms. The molecule has 0 saturated heterocycles. The highest BCUT2D eigenvalue weighted by atomic mass is 16.2. The van der Waals surface area contributed by atoms with Crippen LogP contribution in [0, 0.1) is 5.92 Å². The molecule has 1 rings (SSSR count). The van der Waals surface area contributed by atoms with Crippen LogP contribution in [0.4, 0.5) is 5.82 Å². The molecule has 0 radical (unpaired) electrons. The molecule has 0 aliphatic heterocycles. The third-order valence-electron chi connectivity index (χ3n) is 2.60. The number of amides is 1. The summed E-state index contributed by atoms with van der Waals surface area (Å²) in [6, 6.07) is 0. The second-order valence-corrected chi connectivity index (χ2v) is 4.06. The van der Waals surface area contributed by atoms with E-state index >= 15 is 0 Å². The zero-order chi connectivity index (χ0) is 13.0. The molecule has 94 valence electrons. The summed E-state index contributed by atoms with van der Waals surface area (Å²) in [4.78, 5) is 28.9. The van der Waals surface area contributed by atoms with E-state index in [1.54, 1.807) is 38.4 Å². The van der Waals surface area contributed by atoms with Gasteiger partial charge in [-0.3, -0.25) is 9.59 Å². The summed E-state index contributed by atoms with van der Waals surface area (Å²) >= 11 is 0. The standard InChI is InChI=1S/C11H18N4O2/c1-8(10(16)12-2)7-15(4)9-11(17)14(3)6-5-13-9/h5-6,8H,7H2,1-4H3,(H,12,16). The van der Waals surface area contributed by atoms with Crippen LogP contribution in [0.25, 0.3) is 0 Å². The number of rotatable bonds is 4. The number of hydrogen-bond donors (Lipinski definition) is 1. The Kier molecular flexibility index (Phi) is 4.25. The Morgan fingerprint density at radius 2 is 2.29 bits per heavy atom. The van der Waals surface area contributed by atoms with Crippen LogP contribution in [0.1, 0.15) is 6.92 Å². The number of hydrogen-bond acceptors (Lipinski definition) is 4. The SMILES string of the molecule is CNC(=O)C(C)CN(C)c1nccn(C)c1=O. The van der Waals surface area contributed by atoms with Gasteiger partial charge in [0.1, 0.15) is 0 Å². The Morgan fingerprint density at radius 3 is 2.88 bits per heavy atom. The fraction of sp³-hybridized carbons (Fsp3) is 0.545. The van der Waals surface area contributed by atoms with E-state index in [1.807, 2.05) is 6.92 Å². The first-order chi connectivity index (χ1) is 7.97. The summed E-state index contributed by atoms with van der Waals surface area (Å²) in [5.74, 6) is 0.104. The molecule has 1 atom stereocenters. The molecule has 0 fully saturated rings. The predicted molar refractivity (Wildman–Crippen MR) is 66.0 cm³/mol. The van der Waals surface area contributed by atoms with Gasteiger partial charge in [-0.25, -0.2) is 4.98 Å². The maximum Gasteiger partial charge on any atom is 0.293 e. The zero-order valence-electron chi connectivity index (χ0n) is 10.6. The first-order valence-electron chi connectivity index (χ1n) is 5.41. The van der Waals surface area contributed by atoms with Gasteiger partial charge in [-0.05, 0) is 0 Å². The van der Waals surface area contributed by atoms with Gasteiger partial charge in [-0.2, -0.15) is 0 Å². The van der Waals surface area contributed by atoms with Gasteiger partial charge in [0.2, 0.25) is 5.91 Å². The minimum Gasteiger partial charge on any atom is -0.359 e. The molecule has 0 saturated carbocycles. The molecule has 0 aromatic carbocycles. The van der Waals surface area contributed by atoms with Crippen molar-refractivity contribution in [3.05, 3.63) is 22.7 Å². The van der Waals surface area contributed by atoms with Crippen LogP contribution in [-0.2, 0) is 11.8 Å². The van der Waals surface area contributed by atoms with E-state index in [0.29, 0.717) is 12.4 Å². The van der Waals surface area contributed by atoms with Crippen LogP contribution in [-0.4, -0.2) is 36.1 Å². The lowest BCUT2D eigenvalue weighted by Gasteiger charge is -2.21. The van der Waals surface area contributed by atoms with Crippen molar-refractivity contribution in [2.24, 2.45) is 13.0 Å². The Bertz CT molecular complexity index is 455. The van der Waals surface area contributed by atoms with E-state index in [4.69, 9.17) is 0 Å². The molecule has 0 spiro atoms. The summed E-state index contributed by atoms with van der Waals surface area (Å²) in [6.07, 6.45) is 3.17. The fourth-order valence-corrected chi connectivity index (χ4v) is 1.57. The van der Waals surface area contributed by atoms with Crippen LogP contribution in [0.15, 0.2) is 17.2 Å². The highest BCUT2D eigenvalue weighted by Gasteiger charge is 2.16. The van der Waals surface area contributed by atoms with Gasteiger partial charge in [-0.15, -0.1) is 0 Å². The Hall–Kier alpha value is -1.85. The number of aryl methyl sites for hydroxylation is 1. The quantitative estimate of drug-likeness (QED) is 0.775. The summed E-state index contributed by atoms with van der Waals surface area (Å²) in [7, 11) is 5.02. The van der Waals surface area contributed by atoms with Crippen molar-refractivity contribution in [2.45, 2.75) is 6.92 Å². The smallest absolute Gasteiger partial charge is 0.293 e. The van der Waals surface area contributed by atoms with Crippen LogP contribution in [0.2, 0.25) is 0 Å². The van der Waals surface area contributed by atoms with Gasteiger partial charge in [0, 0.05) is 40.1 Å². The van der Waals surface area contributed by atoms with E-state index in [9.17, 15) is 9.59 Å². The first-order valence-corrected chi connectivity index (χ1v) is 5.41. The average Bonchev–Trinajstić information content (AvgIpc) is 2.31. The molecule has 6 nitrogen and oxygen atoms in total. The Labute approximate surface area is 100 Å². The van der Waals surface area contributed by atoms with Crippen LogP contribution >= 0.6 is 0 Å². The molecule has 1 heterocycles. The van der Waals surface area contributed by atoms with Crippen LogP contribution in [0.5, 0.6) is 0 Å². The van der Waals surface area contributed by atoms with Crippen molar-refractivity contribution in [1.82, 2.24) is 14.9 Å². The lowest BCUT2D eigenvalue weighted by atomic mass is 10.1. The fourth-order valence-electron chi connectivity index (χ4n) is 1.57. The highest BCUT2D eigenvalue weighted by Crippen LogP contribution is 2.04. The minimum atomic E-state index is -0.197. The number of aromatic nitrogens is 2. The lowest BCUT2D eigenvalue weighted by molar-refractivity contribution is -0.123. The van der Waals surface area contributed by atoms with E-state index in [1.165, 1.54) is 4.57 Å². The molecule has 1 aromatic rings. The zero-order valence-corrected chi connectivity index (χ0v) is 10.6. The number of nitrogens with zero attached hydrogens (tertiary/aromatic N) is 3. The van der Waals surface area contributed by atoms with Crippen LogP contribution in [0.3, 0.4) is 0 Å². The van der Waals surface area contributed by atoms with E-state index < -0.39 is 0 Å². The molecular weight excluding hydrogens is 220 g/mol. The minimum absolute atomic E-state index is 0.0513. The first kappa shape index (κ1) is 13.2. The van der Waals surface area contributed by atoms with Gasteiger partial charge in [0.05, 0.1) is 5.92 Å². The lowest BCUT2D eigenvalue weighted by Crippen LogP contribution is -2.37. The molecule has 1 unspecified atom stereocenters. The van der Waals surface area contributed by atoms with E-state index in [-0.39, 0.29) is 17.4 Å². The van der Waals surface area contributed by atoms with Gasteiger partial charge in [0.15, 0.2) is 5.82 Å². The average molecular weight is 238 g/mol. The molecule has 0 bridgehead atoms. The summed E-state index contributed by atoms with van der Waals surface area (Å²) < 4.78 is 1.46. The maximum absolute atomic E-state index is 11.8. The number of carbonyl (C=O) groups excluding carboxylic acids is 1. The van der Waals surface area contributed by atoms with Crippen LogP contribution < -0.4 is 15.8 Å². The van der Waals surface area contributed by atoms with Crippen molar-refractivity contribution in [3.8, 4) is 0 Å². The largest absolute Gasteiger partial charge is 0.359 e. The van der Waals surface area contributed by atoms with Gasteiger partial charge in [-0.1, -0.05) is 6.92 Å². The Balaban J connectivity index is 2.83. The summed E-state index contributed by atoms with van der Waals surface area (Å²) in [6.45, 7) is 2.26. The second kappa shape index (κ2) is 5.47. The number of carbonyl (C=O) groups is 1. The van der Waals surface area contributed by atoms with Gasteiger partial charge in [0.25, 0.3) is 5.56 Å². The van der Waals surface area contributed by atoms with Crippen molar-refractivity contribution >= 4 is 11.7 Å². The second-order valence-electron chi connectivity index (χ2n) is 4.06. The third-order valence-corrected chi connectivity index (χ3v) is 2.60. The molecule has 0 aliphatic carbocycles. The number of anilines is 1. The predicted octanol–water partition coefficient (Wildman–Crippen LogP) is -0.401. The monoisotopic (exact) mass is 238 g/mol. The topological polar surface area (TPSA) is 67.2 Å². The summed E-state index contributed by atoms with van der Waals surface area (Å²) in [5, 5.41) is 2.58. The Morgan fingerprint density at radius 1 is 1.65 bits per heavy atom. The normalized spacial score (nSPS) is 12.0. The van der Waals surface area contributed by atoms with E-state index in [0.717, 1.165) is 0 Å². The van der Waals surface area contributed by atoms with Gasteiger partial charge < -0.3 is 14.8 Å². The number of nitrogens with one attached hydrogen (secondary N) is 1. The third kappa shape index (κ3) is 3.05. The molecule has 1 aromatic heterocycles. The summed E-state index contributed by atoms with van der Waals surface area (Å²) in [5.41, 5.74) is -0.167. The molecule has 1 amide bonds. The van der Waals surface area contributed by atoms with Crippen molar-refractivity contribution < 1.29 is 4.79 Å². The van der Waals surface area contributed by atoms with Crippen molar-refractivity contribution in [1.29, 1.82) is 0 Å². The van der Waals surface area contributed by atoms with Crippen molar-refractivity contribution in [3.63, 3.8) is 0 Å². The van der Waals surface area contributed by atoms with Crippen molar-refractivity contribution in [2.75, 3.05) is 25.5 Å². The molecule has 0 aliphatic rings. The highest BCUT2D eigenvalue weighted by molar-refractivity contribution is 5.78. The molecule has 1 N–H and O–H groups in total. The maximum atomic E-state index is 11.8.